The monoisotopic (exact) mass is 270 g/mol. The Morgan fingerprint density at radius 2 is 1.74 bits per heavy atom. The number of nitrogens with zero attached hydrogens (tertiary/aromatic N) is 1. The molecule has 2 nitrogen and oxygen atoms in total. The van der Waals surface area contributed by atoms with Crippen LogP contribution < -0.4 is 5.73 Å². The van der Waals surface area contributed by atoms with Gasteiger partial charge in [-0.1, -0.05) is 45.0 Å². The van der Waals surface area contributed by atoms with Crippen molar-refractivity contribution in [2.45, 2.75) is 33.1 Å². The van der Waals surface area contributed by atoms with Crippen molar-refractivity contribution in [3.8, 4) is 17.2 Å². The number of benzene rings is 1. The maximum absolute atomic E-state index is 9.03. The van der Waals surface area contributed by atoms with E-state index in [9.17, 15) is 0 Å². The van der Waals surface area contributed by atoms with Gasteiger partial charge in [-0.2, -0.15) is 5.26 Å². The second-order valence-electron chi connectivity index (χ2n) is 5.72. The summed E-state index contributed by atoms with van der Waals surface area (Å²) in [6.07, 6.45) is 0. The fourth-order valence-electron chi connectivity index (χ4n) is 2.14. The summed E-state index contributed by atoms with van der Waals surface area (Å²) in [5, 5.41) is 9.03. The summed E-state index contributed by atoms with van der Waals surface area (Å²) in [4.78, 5) is 1.70. The van der Waals surface area contributed by atoms with E-state index in [0.29, 0.717) is 10.6 Å². The summed E-state index contributed by atoms with van der Waals surface area (Å²) >= 11 is 1.46. The second kappa shape index (κ2) is 4.71. The van der Waals surface area contributed by atoms with Crippen LogP contribution in [0.4, 0.5) is 5.69 Å². The predicted octanol–water partition coefficient (Wildman–Crippen LogP) is 4.47. The van der Waals surface area contributed by atoms with Gasteiger partial charge in [0.2, 0.25) is 0 Å². The van der Waals surface area contributed by atoms with Crippen LogP contribution in [-0.4, -0.2) is 0 Å². The van der Waals surface area contributed by atoms with E-state index in [1.54, 1.807) is 0 Å². The average Bonchev–Trinajstić information content (AvgIpc) is 2.63. The van der Waals surface area contributed by atoms with Crippen molar-refractivity contribution < 1.29 is 0 Å². The number of hydrogen-bond acceptors (Lipinski definition) is 3. The molecule has 0 fully saturated rings. The molecule has 98 valence electrons. The van der Waals surface area contributed by atoms with Crippen LogP contribution in [-0.2, 0) is 5.41 Å². The van der Waals surface area contributed by atoms with Crippen molar-refractivity contribution in [1.29, 1.82) is 5.26 Å². The van der Waals surface area contributed by atoms with Crippen molar-refractivity contribution in [3.05, 3.63) is 39.6 Å². The highest BCUT2D eigenvalue weighted by atomic mass is 32.1. The fourth-order valence-corrected chi connectivity index (χ4v) is 3.03. The van der Waals surface area contributed by atoms with Crippen molar-refractivity contribution in [3.63, 3.8) is 0 Å². The van der Waals surface area contributed by atoms with E-state index in [4.69, 9.17) is 11.0 Å². The zero-order valence-electron chi connectivity index (χ0n) is 11.7. The van der Waals surface area contributed by atoms with Gasteiger partial charge in [0, 0.05) is 10.4 Å². The number of thiophene rings is 1. The molecule has 0 saturated carbocycles. The minimum Gasteiger partial charge on any atom is -0.396 e. The van der Waals surface area contributed by atoms with Gasteiger partial charge in [0.05, 0.1) is 5.69 Å². The minimum absolute atomic E-state index is 0.144. The molecular weight excluding hydrogens is 252 g/mol. The number of nitriles is 1. The SMILES string of the molecule is Cc1sc(C#N)c(N)c1-c1ccc(C(C)(C)C)cc1. The van der Waals surface area contributed by atoms with E-state index in [2.05, 4.69) is 51.1 Å². The van der Waals surface area contributed by atoms with Gasteiger partial charge in [-0.3, -0.25) is 0 Å². The summed E-state index contributed by atoms with van der Waals surface area (Å²) in [5.74, 6) is 0. The second-order valence-corrected chi connectivity index (χ2v) is 6.94. The first-order chi connectivity index (χ1) is 8.84. The molecule has 1 aromatic heterocycles. The van der Waals surface area contributed by atoms with E-state index in [1.165, 1.54) is 16.9 Å². The molecular formula is C16H18N2S. The summed E-state index contributed by atoms with van der Waals surface area (Å²) in [6, 6.07) is 10.6. The molecule has 19 heavy (non-hydrogen) atoms. The standard InChI is InChI=1S/C16H18N2S/c1-10-14(15(18)13(9-17)19-10)11-5-7-12(8-6-11)16(2,3)4/h5-8H,18H2,1-4H3. The maximum atomic E-state index is 9.03. The topological polar surface area (TPSA) is 49.8 Å². The predicted molar refractivity (Wildman–Crippen MR) is 82.3 cm³/mol. The Hall–Kier alpha value is -1.79. The third-order valence-electron chi connectivity index (χ3n) is 3.26. The molecule has 0 atom stereocenters. The normalized spacial score (nSPS) is 11.3. The van der Waals surface area contributed by atoms with E-state index in [-0.39, 0.29) is 5.41 Å². The van der Waals surface area contributed by atoms with Crippen molar-refractivity contribution in [1.82, 2.24) is 0 Å². The Kier molecular flexibility index (Phi) is 3.38. The Morgan fingerprint density at radius 1 is 1.16 bits per heavy atom. The number of anilines is 1. The Bertz CT molecular complexity index is 637. The summed E-state index contributed by atoms with van der Waals surface area (Å²) in [6.45, 7) is 8.59. The van der Waals surface area contributed by atoms with Gasteiger partial charge in [0.1, 0.15) is 10.9 Å². The van der Waals surface area contributed by atoms with Gasteiger partial charge in [0.15, 0.2) is 0 Å². The lowest BCUT2D eigenvalue weighted by Crippen LogP contribution is -2.10. The number of rotatable bonds is 1. The van der Waals surface area contributed by atoms with Crippen LogP contribution >= 0.6 is 11.3 Å². The van der Waals surface area contributed by atoms with Crippen LogP contribution in [0.2, 0.25) is 0 Å². The molecule has 0 aliphatic carbocycles. The lowest BCUT2D eigenvalue weighted by molar-refractivity contribution is 0.590. The van der Waals surface area contributed by atoms with E-state index < -0.39 is 0 Å². The highest BCUT2D eigenvalue weighted by Crippen LogP contribution is 2.38. The lowest BCUT2D eigenvalue weighted by atomic mass is 9.86. The van der Waals surface area contributed by atoms with Crippen LogP contribution in [0.15, 0.2) is 24.3 Å². The molecule has 2 aromatic rings. The smallest absolute Gasteiger partial charge is 0.128 e. The van der Waals surface area contributed by atoms with Crippen LogP contribution in [0, 0.1) is 18.3 Å². The molecule has 2 N–H and O–H groups in total. The lowest BCUT2D eigenvalue weighted by Gasteiger charge is -2.19. The molecule has 0 radical (unpaired) electrons. The van der Waals surface area contributed by atoms with Crippen molar-refractivity contribution in [2.75, 3.05) is 5.73 Å². The fraction of sp³-hybridized carbons (Fsp3) is 0.312. The molecule has 0 amide bonds. The molecule has 1 aromatic carbocycles. The molecule has 0 spiro atoms. The molecule has 0 bridgehead atoms. The Balaban J connectivity index is 2.50. The number of aryl methyl sites for hydroxylation is 1. The Morgan fingerprint density at radius 3 is 2.16 bits per heavy atom. The molecule has 0 saturated heterocycles. The first kappa shape index (κ1) is 13.6. The molecule has 0 aliphatic heterocycles. The van der Waals surface area contributed by atoms with E-state index >= 15 is 0 Å². The molecule has 0 aliphatic rings. The largest absolute Gasteiger partial charge is 0.396 e. The van der Waals surface area contributed by atoms with Crippen LogP contribution in [0.25, 0.3) is 11.1 Å². The van der Waals surface area contributed by atoms with Crippen LogP contribution in [0.5, 0.6) is 0 Å². The maximum Gasteiger partial charge on any atom is 0.128 e. The number of nitrogens with two attached hydrogens (primary N) is 1. The number of nitrogen functional groups attached to an aromatic ring is 1. The molecule has 0 unspecified atom stereocenters. The van der Waals surface area contributed by atoms with E-state index in [0.717, 1.165) is 16.0 Å². The highest BCUT2D eigenvalue weighted by molar-refractivity contribution is 7.13. The molecule has 3 heteroatoms. The van der Waals surface area contributed by atoms with Crippen molar-refractivity contribution >= 4 is 17.0 Å². The summed E-state index contributed by atoms with van der Waals surface area (Å²) < 4.78 is 0. The third-order valence-corrected chi connectivity index (χ3v) is 4.29. The van der Waals surface area contributed by atoms with Gasteiger partial charge in [-0.05, 0) is 23.5 Å². The van der Waals surface area contributed by atoms with Crippen LogP contribution in [0.1, 0.15) is 36.1 Å². The molecule has 1 heterocycles. The van der Waals surface area contributed by atoms with Gasteiger partial charge in [-0.15, -0.1) is 11.3 Å². The van der Waals surface area contributed by atoms with Crippen LogP contribution in [0.3, 0.4) is 0 Å². The number of hydrogen-bond donors (Lipinski definition) is 1. The van der Waals surface area contributed by atoms with Gasteiger partial charge in [-0.25, -0.2) is 0 Å². The van der Waals surface area contributed by atoms with Gasteiger partial charge in [0.25, 0.3) is 0 Å². The summed E-state index contributed by atoms with van der Waals surface area (Å²) in [5.41, 5.74) is 10.2. The van der Waals surface area contributed by atoms with Gasteiger partial charge < -0.3 is 5.73 Å². The summed E-state index contributed by atoms with van der Waals surface area (Å²) in [7, 11) is 0. The zero-order valence-corrected chi connectivity index (χ0v) is 12.6. The first-order valence-corrected chi connectivity index (χ1v) is 7.06. The van der Waals surface area contributed by atoms with Gasteiger partial charge >= 0.3 is 0 Å². The highest BCUT2D eigenvalue weighted by Gasteiger charge is 2.16. The van der Waals surface area contributed by atoms with E-state index in [1.807, 2.05) is 6.92 Å². The Labute approximate surface area is 118 Å². The van der Waals surface area contributed by atoms with Crippen molar-refractivity contribution in [2.24, 2.45) is 0 Å². The average molecular weight is 270 g/mol. The zero-order chi connectivity index (χ0) is 14.2. The minimum atomic E-state index is 0.144. The third kappa shape index (κ3) is 2.50. The quantitative estimate of drug-likeness (QED) is 0.830. The molecule has 2 rings (SSSR count). The first-order valence-electron chi connectivity index (χ1n) is 6.24.